The smallest absolute Gasteiger partial charge is 0.341 e. The van der Waals surface area contributed by atoms with Crippen LogP contribution in [0.5, 0.6) is 5.75 Å². The molecule has 94 valence electrons. The van der Waals surface area contributed by atoms with Gasteiger partial charge in [0.15, 0.2) is 15.6 Å². The predicted molar refractivity (Wildman–Crippen MR) is 61.9 cm³/mol. The minimum atomic E-state index is -3.47. The summed E-state index contributed by atoms with van der Waals surface area (Å²) in [6.45, 7) is 0. The van der Waals surface area contributed by atoms with Crippen LogP contribution in [0.2, 0.25) is 0 Å². The van der Waals surface area contributed by atoms with Crippen LogP contribution in [-0.4, -0.2) is 34.9 Å². The average Bonchev–Trinajstić information content (AvgIpc) is 2.25. The Hall–Kier alpha value is -1.76. The predicted octanol–water partition coefficient (Wildman–Crippen LogP) is 0.468. The van der Waals surface area contributed by atoms with Crippen LogP contribution in [0.1, 0.15) is 10.4 Å². The third-order valence-corrected chi connectivity index (χ3v) is 3.32. The number of anilines is 1. The fraction of sp³-hybridized carbons (Fsp3) is 0.300. The molecule has 1 rings (SSSR count). The molecule has 6 nitrogen and oxygen atoms in total. The Morgan fingerprint density at radius 1 is 1.29 bits per heavy atom. The van der Waals surface area contributed by atoms with Gasteiger partial charge in [-0.25, -0.2) is 13.2 Å². The zero-order chi connectivity index (χ0) is 13.2. The molecule has 7 heteroatoms. The molecule has 1 aromatic rings. The molecule has 0 aliphatic rings. The molecular weight excluding hydrogens is 246 g/mol. The van der Waals surface area contributed by atoms with E-state index >= 15 is 0 Å². The molecule has 0 atom stereocenters. The van der Waals surface area contributed by atoms with Crippen LogP contribution in [0, 0.1) is 0 Å². The maximum atomic E-state index is 11.4. The standard InChI is InChI=1S/C10H13NO5S/c1-15-9-6(10(12)16-2)4-5-7(8(9)11)17(3,13)14/h4-5H,11H2,1-3H3. The molecule has 0 unspecified atom stereocenters. The fourth-order valence-electron chi connectivity index (χ4n) is 1.40. The van der Waals surface area contributed by atoms with Crippen LogP contribution >= 0.6 is 0 Å². The first-order valence-electron chi connectivity index (χ1n) is 4.57. The summed E-state index contributed by atoms with van der Waals surface area (Å²) in [4.78, 5) is 11.3. The summed E-state index contributed by atoms with van der Waals surface area (Å²) in [6, 6.07) is 2.55. The van der Waals surface area contributed by atoms with Crippen LogP contribution < -0.4 is 10.5 Å². The van der Waals surface area contributed by atoms with E-state index in [0.29, 0.717) is 0 Å². The summed E-state index contributed by atoms with van der Waals surface area (Å²) in [7, 11) is -0.966. The summed E-state index contributed by atoms with van der Waals surface area (Å²) >= 11 is 0. The van der Waals surface area contributed by atoms with Crippen molar-refractivity contribution in [2.45, 2.75) is 4.90 Å². The minimum Gasteiger partial charge on any atom is -0.494 e. The van der Waals surface area contributed by atoms with Gasteiger partial charge in [-0.1, -0.05) is 0 Å². The second-order valence-corrected chi connectivity index (χ2v) is 5.31. The van der Waals surface area contributed by atoms with E-state index in [-0.39, 0.29) is 21.9 Å². The van der Waals surface area contributed by atoms with Gasteiger partial charge in [0.05, 0.1) is 24.8 Å². The van der Waals surface area contributed by atoms with Gasteiger partial charge in [0, 0.05) is 6.26 Å². The molecule has 0 fully saturated rings. The Bertz CT molecular complexity index is 550. The van der Waals surface area contributed by atoms with Crippen LogP contribution in [0.4, 0.5) is 5.69 Å². The summed E-state index contributed by atoms with van der Waals surface area (Å²) in [6.07, 6.45) is 1.02. The fourth-order valence-corrected chi connectivity index (χ4v) is 2.20. The van der Waals surface area contributed by atoms with Crippen molar-refractivity contribution in [3.8, 4) is 5.75 Å². The van der Waals surface area contributed by atoms with Crippen molar-refractivity contribution < 1.29 is 22.7 Å². The topological polar surface area (TPSA) is 95.7 Å². The van der Waals surface area contributed by atoms with Crippen LogP contribution in [0.15, 0.2) is 17.0 Å². The molecule has 0 heterocycles. The number of carbonyl (C=O) groups is 1. The van der Waals surface area contributed by atoms with Gasteiger partial charge in [0.1, 0.15) is 5.56 Å². The molecule has 0 aliphatic heterocycles. The van der Waals surface area contributed by atoms with E-state index < -0.39 is 15.8 Å². The van der Waals surface area contributed by atoms with Gasteiger partial charge in [-0.05, 0) is 12.1 Å². The lowest BCUT2D eigenvalue weighted by molar-refractivity contribution is 0.0597. The Labute approximate surface area is 99.2 Å². The summed E-state index contributed by atoms with van der Waals surface area (Å²) in [5.41, 5.74) is 5.65. The number of carbonyl (C=O) groups excluding carboxylic acids is 1. The van der Waals surface area contributed by atoms with E-state index in [4.69, 9.17) is 10.5 Å². The van der Waals surface area contributed by atoms with Crippen molar-refractivity contribution in [2.24, 2.45) is 0 Å². The molecule has 0 amide bonds. The van der Waals surface area contributed by atoms with Gasteiger partial charge in [-0.3, -0.25) is 0 Å². The van der Waals surface area contributed by atoms with Gasteiger partial charge in [-0.15, -0.1) is 0 Å². The number of methoxy groups -OCH3 is 2. The lowest BCUT2D eigenvalue weighted by Crippen LogP contribution is -2.10. The first-order valence-corrected chi connectivity index (χ1v) is 6.47. The largest absolute Gasteiger partial charge is 0.494 e. The second-order valence-electron chi connectivity index (χ2n) is 3.32. The number of sulfone groups is 1. The number of hydrogen-bond donors (Lipinski definition) is 1. The van der Waals surface area contributed by atoms with Crippen molar-refractivity contribution in [1.29, 1.82) is 0 Å². The number of nitrogen functional groups attached to an aromatic ring is 1. The maximum absolute atomic E-state index is 11.4. The first-order chi connectivity index (χ1) is 7.82. The Balaban J connectivity index is 3.54. The van der Waals surface area contributed by atoms with Crippen molar-refractivity contribution >= 4 is 21.5 Å². The van der Waals surface area contributed by atoms with Crippen molar-refractivity contribution in [3.63, 3.8) is 0 Å². The third-order valence-electron chi connectivity index (χ3n) is 2.16. The van der Waals surface area contributed by atoms with E-state index in [1.54, 1.807) is 0 Å². The monoisotopic (exact) mass is 259 g/mol. The van der Waals surface area contributed by atoms with Gasteiger partial charge >= 0.3 is 5.97 Å². The molecule has 0 bridgehead atoms. The highest BCUT2D eigenvalue weighted by molar-refractivity contribution is 7.90. The zero-order valence-electron chi connectivity index (χ0n) is 9.68. The lowest BCUT2D eigenvalue weighted by Gasteiger charge is -2.12. The van der Waals surface area contributed by atoms with E-state index in [0.717, 1.165) is 6.26 Å². The first kappa shape index (κ1) is 13.3. The normalized spacial score (nSPS) is 11.0. The highest BCUT2D eigenvalue weighted by atomic mass is 32.2. The number of ether oxygens (including phenoxy) is 2. The van der Waals surface area contributed by atoms with E-state index in [1.165, 1.54) is 26.4 Å². The van der Waals surface area contributed by atoms with Gasteiger partial charge in [-0.2, -0.15) is 0 Å². The summed E-state index contributed by atoms with van der Waals surface area (Å²) in [5, 5.41) is 0. The average molecular weight is 259 g/mol. The Morgan fingerprint density at radius 3 is 2.29 bits per heavy atom. The van der Waals surface area contributed by atoms with Gasteiger partial charge in [0.25, 0.3) is 0 Å². The highest BCUT2D eigenvalue weighted by Gasteiger charge is 2.21. The molecule has 17 heavy (non-hydrogen) atoms. The molecule has 1 aromatic carbocycles. The number of esters is 1. The number of rotatable bonds is 3. The van der Waals surface area contributed by atoms with E-state index in [9.17, 15) is 13.2 Å². The maximum Gasteiger partial charge on any atom is 0.341 e. The summed E-state index contributed by atoms with van der Waals surface area (Å²) in [5.74, 6) is -0.645. The van der Waals surface area contributed by atoms with Crippen molar-refractivity contribution in [1.82, 2.24) is 0 Å². The molecule has 0 spiro atoms. The zero-order valence-corrected chi connectivity index (χ0v) is 10.5. The quantitative estimate of drug-likeness (QED) is 0.626. The van der Waals surface area contributed by atoms with E-state index in [2.05, 4.69) is 4.74 Å². The Kier molecular flexibility index (Phi) is 3.62. The lowest BCUT2D eigenvalue weighted by atomic mass is 10.1. The molecule has 0 aliphatic carbocycles. The highest BCUT2D eigenvalue weighted by Crippen LogP contribution is 2.32. The molecular formula is C10H13NO5S. The number of benzene rings is 1. The molecule has 0 saturated heterocycles. The number of hydrogen-bond acceptors (Lipinski definition) is 6. The van der Waals surface area contributed by atoms with Gasteiger partial charge < -0.3 is 15.2 Å². The van der Waals surface area contributed by atoms with Crippen molar-refractivity contribution in [3.05, 3.63) is 17.7 Å². The molecule has 0 aromatic heterocycles. The van der Waals surface area contributed by atoms with Crippen LogP contribution in [-0.2, 0) is 14.6 Å². The van der Waals surface area contributed by atoms with Gasteiger partial charge in [0.2, 0.25) is 0 Å². The second kappa shape index (κ2) is 4.62. The molecule has 0 radical (unpaired) electrons. The third kappa shape index (κ3) is 2.50. The van der Waals surface area contributed by atoms with Crippen LogP contribution in [0.25, 0.3) is 0 Å². The SMILES string of the molecule is COC(=O)c1ccc(S(C)(=O)=O)c(N)c1OC. The minimum absolute atomic E-state index is 0.000208. The van der Waals surface area contributed by atoms with E-state index in [1.807, 2.05) is 0 Å². The number of nitrogens with two attached hydrogens (primary N) is 1. The molecule has 2 N–H and O–H groups in total. The molecule has 0 saturated carbocycles. The Morgan fingerprint density at radius 2 is 1.88 bits per heavy atom. The van der Waals surface area contributed by atoms with Crippen LogP contribution in [0.3, 0.4) is 0 Å². The summed E-state index contributed by atoms with van der Waals surface area (Å²) < 4.78 is 32.3. The van der Waals surface area contributed by atoms with Crippen molar-refractivity contribution in [2.75, 3.05) is 26.2 Å².